The summed E-state index contributed by atoms with van der Waals surface area (Å²) in [7, 11) is 0. The Hall–Kier alpha value is -2.43. The summed E-state index contributed by atoms with van der Waals surface area (Å²) in [5.41, 5.74) is 1.98. The highest BCUT2D eigenvalue weighted by Gasteiger charge is 2.35. The van der Waals surface area contributed by atoms with Gasteiger partial charge in [0, 0.05) is 12.3 Å². The number of hydrogen-bond acceptors (Lipinski definition) is 3. The number of carbonyl (C=O) groups is 1. The van der Waals surface area contributed by atoms with Crippen molar-refractivity contribution in [3.8, 4) is 0 Å². The minimum Gasteiger partial charge on any atom is -0.342 e. The maximum atomic E-state index is 12.3. The first-order valence-electron chi connectivity index (χ1n) is 7.07. The van der Waals surface area contributed by atoms with Crippen LogP contribution >= 0.6 is 0 Å². The van der Waals surface area contributed by atoms with Gasteiger partial charge in [-0.15, -0.1) is 0 Å². The van der Waals surface area contributed by atoms with Gasteiger partial charge in [0.15, 0.2) is 0 Å². The fraction of sp³-hybridized carbons (Fsp3) is 0.312. The molecule has 2 aromatic heterocycles. The molecule has 1 saturated carbocycles. The van der Waals surface area contributed by atoms with E-state index in [1.807, 2.05) is 19.1 Å². The van der Waals surface area contributed by atoms with E-state index >= 15 is 0 Å². The number of aryl methyl sites for hydroxylation is 1. The van der Waals surface area contributed by atoms with Crippen LogP contribution in [0, 0.1) is 12.8 Å². The highest BCUT2D eigenvalue weighted by atomic mass is 16.2. The van der Waals surface area contributed by atoms with Gasteiger partial charge < -0.3 is 10.3 Å². The largest absolute Gasteiger partial charge is 0.342 e. The molecule has 0 aromatic carbocycles. The molecular formula is C16H17N3O2. The molecule has 2 aromatic rings. The van der Waals surface area contributed by atoms with Gasteiger partial charge in [0.1, 0.15) is 5.69 Å². The third kappa shape index (κ3) is 3.02. The van der Waals surface area contributed by atoms with Gasteiger partial charge in [0.05, 0.1) is 11.7 Å². The number of nitrogens with one attached hydrogen (secondary N) is 2. The summed E-state index contributed by atoms with van der Waals surface area (Å²) in [5.74, 6) is 0.160. The van der Waals surface area contributed by atoms with E-state index < -0.39 is 0 Å². The van der Waals surface area contributed by atoms with E-state index in [0.29, 0.717) is 5.92 Å². The molecule has 0 spiro atoms. The lowest BCUT2D eigenvalue weighted by molar-refractivity contribution is 0.0925. The smallest absolute Gasteiger partial charge is 0.268 e. The zero-order valence-corrected chi connectivity index (χ0v) is 11.8. The fourth-order valence-electron chi connectivity index (χ4n) is 2.46. The van der Waals surface area contributed by atoms with Gasteiger partial charge in [-0.2, -0.15) is 0 Å². The Morgan fingerprint density at radius 2 is 2.14 bits per heavy atom. The third-order valence-electron chi connectivity index (χ3n) is 3.74. The second-order valence-corrected chi connectivity index (χ2v) is 5.42. The molecular weight excluding hydrogens is 266 g/mol. The van der Waals surface area contributed by atoms with Gasteiger partial charge >= 0.3 is 0 Å². The van der Waals surface area contributed by atoms with Crippen LogP contribution in [0.5, 0.6) is 0 Å². The van der Waals surface area contributed by atoms with Crippen molar-refractivity contribution in [2.75, 3.05) is 0 Å². The average molecular weight is 283 g/mol. The first kappa shape index (κ1) is 13.5. The summed E-state index contributed by atoms with van der Waals surface area (Å²) < 4.78 is 0. The number of H-pyrrole nitrogens is 1. The lowest BCUT2D eigenvalue weighted by atomic mass is 10.0. The first-order chi connectivity index (χ1) is 10.1. The fourth-order valence-corrected chi connectivity index (χ4v) is 2.46. The summed E-state index contributed by atoms with van der Waals surface area (Å²) in [6.07, 6.45) is 3.92. The van der Waals surface area contributed by atoms with Gasteiger partial charge in [-0.1, -0.05) is 12.1 Å². The Kier molecular flexibility index (Phi) is 3.56. The van der Waals surface area contributed by atoms with Crippen LogP contribution in [0.2, 0.25) is 0 Å². The minimum atomic E-state index is -0.278. The molecule has 21 heavy (non-hydrogen) atoms. The van der Waals surface area contributed by atoms with E-state index in [-0.39, 0.29) is 23.2 Å². The van der Waals surface area contributed by atoms with Crippen molar-refractivity contribution < 1.29 is 4.79 Å². The summed E-state index contributed by atoms with van der Waals surface area (Å²) in [6.45, 7) is 1.99. The Balaban J connectivity index is 1.85. The maximum absolute atomic E-state index is 12.3. The van der Waals surface area contributed by atoms with Crippen LogP contribution in [-0.4, -0.2) is 15.9 Å². The highest BCUT2D eigenvalue weighted by molar-refractivity contribution is 5.92. The van der Waals surface area contributed by atoms with E-state index in [2.05, 4.69) is 15.3 Å². The number of carbonyl (C=O) groups excluding carboxylic acids is 1. The molecule has 0 aliphatic heterocycles. The number of aromatic nitrogens is 2. The predicted molar refractivity (Wildman–Crippen MR) is 79.0 cm³/mol. The second kappa shape index (κ2) is 5.52. The molecule has 1 aliphatic rings. The topological polar surface area (TPSA) is 74.8 Å². The van der Waals surface area contributed by atoms with Crippen molar-refractivity contribution in [3.63, 3.8) is 0 Å². The van der Waals surface area contributed by atoms with Crippen molar-refractivity contribution in [2.45, 2.75) is 25.8 Å². The number of hydrogen-bond donors (Lipinski definition) is 2. The predicted octanol–water partition coefficient (Wildman–Crippen LogP) is 1.96. The van der Waals surface area contributed by atoms with E-state index in [1.54, 1.807) is 18.3 Å². The first-order valence-corrected chi connectivity index (χ1v) is 7.07. The molecule has 108 valence electrons. The zero-order chi connectivity index (χ0) is 14.8. The quantitative estimate of drug-likeness (QED) is 0.900. The van der Waals surface area contributed by atoms with Crippen LogP contribution in [0.4, 0.5) is 0 Å². The van der Waals surface area contributed by atoms with E-state index in [0.717, 1.165) is 24.1 Å². The SMILES string of the molecule is Cc1cccnc1[C@@H](NC(=O)c1cccc(=O)[nH]1)C1CC1. The van der Waals surface area contributed by atoms with E-state index in [9.17, 15) is 9.59 Å². The molecule has 3 rings (SSSR count). The molecule has 5 heteroatoms. The van der Waals surface area contributed by atoms with E-state index in [1.165, 1.54) is 6.07 Å². The van der Waals surface area contributed by atoms with Crippen molar-refractivity contribution in [2.24, 2.45) is 5.92 Å². The molecule has 1 aliphatic carbocycles. The van der Waals surface area contributed by atoms with E-state index in [4.69, 9.17) is 0 Å². The number of pyridine rings is 2. The molecule has 1 atom stereocenters. The van der Waals surface area contributed by atoms with Crippen LogP contribution < -0.4 is 10.9 Å². The minimum absolute atomic E-state index is 0.0950. The summed E-state index contributed by atoms with van der Waals surface area (Å²) in [4.78, 5) is 30.6. The van der Waals surface area contributed by atoms with Gasteiger partial charge in [0.25, 0.3) is 5.91 Å². The average Bonchev–Trinajstić information content (AvgIpc) is 3.30. The standard InChI is InChI=1S/C16H17N3O2/c1-10-4-3-9-17-14(10)15(11-7-8-11)19-16(21)12-5-2-6-13(20)18-12/h2-6,9,11,15H,7-8H2,1H3,(H,18,20)(H,19,21)/t15-/m0/s1. The summed E-state index contributed by atoms with van der Waals surface area (Å²) in [5, 5.41) is 3.01. The van der Waals surface area contributed by atoms with Crippen LogP contribution in [-0.2, 0) is 0 Å². The number of nitrogens with zero attached hydrogens (tertiary/aromatic N) is 1. The monoisotopic (exact) mass is 283 g/mol. The lowest BCUT2D eigenvalue weighted by Crippen LogP contribution is -2.32. The number of amides is 1. The second-order valence-electron chi connectivity index (χ2n) is 5.42. The van der Waals surface area contributed by atoms with Crippen LogP contribution in [0.15, 0.2) is 41.3 Å². The number of rotatable bonds is 4. The molecule has 2 N–H and O–H groups in total. The van der Waals surface area contributed by atoms with Crippen LogP contribution in [0.25, 0.3) is 0 Å². The zero-order valence-electron chi connectivity index (χ0n) is 11.8. The molecule has 1 fully saturated rings. The molecule has 0 bridgehead atoms. The normalized spacial score (nSPS) is 15.5. The Bertz CT molecular complexity index is 719. The molecule has 5 nitrogen and oxygen atoms in total. The summed E-state index contributed by atoms with van der Waals surface area (Å²) >= 11 is 0. The Labute approximate surface area is 122 Å². The lowest BCUT2D eigenvalue weighted by Gasteiger charge is -2.19. The van der Waals surface area contributed by atoms with Crippen LogP contribution in [0.1, 0.15) is 40.6 Å². The Morgan fingerprint density at radius 1 is 1.33 bits per heavy atom. The molecule has 0 unspecified atom stereocenters. The molecule has 0 radical (unpaired) electrons. The molecule has 0 saturated heterocycles. The van der Waals surface area contributed by atoms with Gasteiger partial charge in [-0.3, -0.25) is 14.6 Å². The van der Waals surface area contributed by atoms with Gasteiger partial charge in [-0.25, -0.2) is 0 Å². The van der Waals surface area contributed by atoms with Crippen LogP contribution in [0.3, 0.4) is 0 Å². The van der Waals surface area contributed by atoms with Gasteiger partial charge in [-0.05, 0) is 43.4 Å². The number of aromatic amines is 1. The highest BCUT2D eigenvalue weighted by Crippen LogP contribution is 2.41. The Morgan fingerprint density at radius 3 is 2.81 bits per heavy atom. The van der Waals surface area contributed by atoms with Gasteiger partial charge in [0.2, 0.25) is 5.56 Å². The van der Waals surface area contributed by atoms with Crippen molar-refractivity contribution >= 4 is 5.91 Å². The molecule has 2 heterocycles. The molecule has 1 amide bonds. The van der Waals surface area contributed by atoms with Crippen molar-refractivity contribution in [1.29, 1.82) is 0 Å². The summed E-state index contributed by atoms with van der Waals surface area (Å²) in [6, 6.07) is 8.35. The van der Waals surface area contributed by atoms with Crippen molar-refractivity contribution in [3.05, 3.63) is 63.8 Å². The maximum Gasteiger partial charge on any atom is 0.268 e. The van der Waals surface area contributed by atoms with Crippen molar-refractivity contribution in [1.82, 2.24) is 15.3 Å². The third-order valence-corrected chi connectivity index (χ3v) is 3.74.